The second kappa shape index (κ2) is 3.70. The summed E-state index contributed by atoms with van der Waals surface area (Å²) in [7, 11) is 0. The first-order chi connectivity index (χ1) is 7.48. The van der Waals surface area contributed by atoms with Crippen LogP contribution in [0.15, 0.2) is 11.6 Å². The van der Waals surface area contributed by atoms with Crippen LogP contribution in [0.25, 0.3) is 0 Å². The summed E-state index contributed by atoms with van der Waals surface area (Å²) >= 11 is 0. The van der Waals surface area contributed by atoms with Gasteiger partial charge in [-0.1, -0.05) is 6.08 Å². The van der Waals surface area contributed by atoms with Crippen LogP contribution < -0.4 is 5.73 Å². The van der Waals surface area contributed by atoms with E-state index in [1.54, 1.807) is 6.92 Å². The Morgan fingerprint density at radius 3 is 2.81 bits per heavy atom. The lowest BCUT2D eigenvalue weighted by Crippen LogP contribution is -2.51. The number of rotatable bonds is 4. The van der Waals surface area contributed by atoms with Crippen LogP contribution in [0.1, 0.15) is 26.2 Å². The van der Waals surface area contributed by atoms with Gasteiger partial charge < -0.3 is 10.8 Å². The number of fused-ring (bicyclic) bond motifs is 1. The Morgan fingerprint density at radius 2 is 2.31 bits per heavy atom. The first kappa shape index (κ1) is 11.3. The molecule has 0 aromatic rings. The molecule has 1 saturated carbocycles. The number of aliphatic carboxylic acids is 1. The van der Waals surface area contributed by atoms with Crippen molar-refractivity contribution in [3.63, 3.8) is 0 Å². The van der Waals surface area contributed by atoms with Gasteiger partial charge in [-0.05, 0) is 49.1 Å². The molecule has 0 saturated heterocycles. The number of ketones is 1. The molecule has 0 aliphatic heterocycles. The maximum absolute atomic E-state index is 11.3. The van der Waals surface area contributed by atoms with Gasteiger partial charge in [-0.2, -0.15) is 0 Å². The standard InChI is InChI=1S/C12H17NO3/c1-7(14)8-2-9-4-12(6-13,5-11(15)16)10(9)3-8/h3,9-10H,2,4-6,13H2,1H3,(H,15,16)/t9-,10-,12-/m1/s1. The average molecular weight is 223 g/mol. The van der Waals surface area contributed by atoms with Crippen LogP contribution in [-0.2, 0) is 9.59 Å². The Kier molecular flexibility index (Phi) is 2.62. The number of hydrogen-bond donors (Lipinski definition) is 2. The number of Topliss-reactive ketones (excluding diaryl/α,β-unsaturated/α-hetero) is 1. The summed E-state index contributed by atoms with van der Waals surface area (Å²) in [6, 6.07) is 0. The molecule has 3 N–H and O–H groups in total. The average Bonchev–Trinajstić information content (AvgIpc) is 2.53. The van der Waals surface area contributed by atoms with Crippen LogP contribution in [0.4, 0.5) is 0 Å². The third kappa shape index (κ3) is 1.57. The summed E-state index contributed by atoms with van der Waals surface area (Å²) in [5.74, 6) is -0.0430. The predicted octanol–water partition coefficient (Wildman–Crippen LogP) is 0.961. The summed E-state index contributed by atoms with van der Waals surface area (Å²) in [5, 5.41) is 8.90. The number of carbonyl (C=O) groups is 2. The first-order valence-corrected chi connectivity index (χ1v) is 5.62. The number of allylic oxidation sites excluding steroid dienone is 2. The van der Waals surface area contributed by atoms with Crippen molar-refractivity contribution >= 4 is 11.8 Å². The summed E-state index contributed by atoms with van der Waals surface area (Å²) in [6.45, 7) is 1.96. The highest BCUT2D eigenvalue weighted by Crippen LogP contribution is 2.59. The van der Waals surface area contributed by atoms with Crippen LogP contribution >= 0.6 is 0 Å². The fourth-order valence-corrected chi connectivity index (χ4v) is 3.25. The lowest BCUT2D eigenvalue weighted by Gasteiger charge is -2.51. The number of carbonyl (C=O) groups excluding carboxylic acids is 1. The topological polar surface area (TPSA) is 80.4 Å². The van der Waals surface area contributed by atoms with Gasteiger partial charge in [0.25, 0.3) is 0 Å². The second-order valence-electron chi connectivity index (χ2n) is 5.08. The molecule has 0 bridgehead atoms. The van der Waals surface area contributed by atoms with Gasteiger partial charge in [0.1, 0.15) is 0 Å². The predicted molar refractivity (Wildman–Crippen MR) is 58.7 cm³/mol. The van der Waals surface area contributed by atoms with Gasteiger partial charge >= 0.3 is 5.97 Å². The maximum atomic E-state index is 11.3. The quantitative estimate of drug-likeness (QED) is 0.744. The zero-order valence-electron chi connectivity index (χ0n) is 9.40. The van der Waals surface area contributed by atoms with Crippen molar-refractivity contribution in [1.29, 1.82) is 0 Å². The van der Waals surface area contributed by atoms with Crippen LogP contribution in [0.2, 0.25) is 0 Å². The van der Waals surface area contributed by atoms with E-state index >= 15 is 0 Å². The van der Waals surface area contributed by atoms with E-state index in [9.17, 15) is 9.59 Å². The summed E-state index contributed by atoms with van der Waals surface area (Å²) in [4.78, 5) is 22.1. The van der Waals surface area contributed by atoms with Crippen molar-refractivity contribution < 1.29 is 14.7 Å². The first-order valence-electron chi connectivity index (χ1n) is 5.62. The van der Waals surface area contributed by atoms with Crippen molar-refractivity contribution in [3.8, 4) is 0 Å². The Bertz CT molecular complexity index is 374. The Balaban J connectivity index is 2.16. The zero-order valence-corrected chi connectivity index (χ0v) is 9.40. The Labute approximate surface area is 94.5 Å². The van der Waals surface area contributed by atoms with Gasteiger partial charge in [-0.3, -0.25) is 9.59 Å². The molecule has 4 heteroatoms. The molecule has 0 spiro atoms. The fourth-order valence-electron chi connectivity index (χ4n) is 3.25. The molecule has 0 aromatic heterocycles. The molecule has 3 atom stereocenters. The molecule has 0 unspecified atom stereocenters. The van der Waals surface area contributed by atoms with Gasteiger partial charge in [-0.25, -0.2) is 0 Å². The minimum atomic E-state index is -0.798. The minimum Gasteiger partial charge on any atom is -0.481 e. The summed E-state index contributed by atoms with van der Waals surface area (Å²) in [6.07, 6.45) is 3.73. The monoisotopic (exact) mass is 223 g/mol. The van der Waals surface area contributed by atoms with Crippen molar-refractivity contribution in [2.75, 3.05) is 6.54 Å². The molecular weight excluding hydrogens is 206 g/mol. The molecule has 0 radical (unpaired) electrons. The Hall–Kier alpha value is -1.16. The van der Waals surface area contributed by atoms with E-state index in [2.05, 4.69) is 0 Å². The summed E-state index contributed by atoms with van der Waals surface area (Å²) < 4.78 is 0. The van der Waals surface area contributed by atoms with Gasteiger partial charge in [-0.15, -0.1) is 0 Å². The van der Waals surface area contributed by atoms with Crippen LogP contribution in [0.3, 0.4) is 0 Å². The van der Waals surface area contributed by atoms with E-state index in [1.807, 2.05) is 6.08 Å². The van der Waals surface area contributed by atoms with E-state index in [1.165, 1.54) is 0 Å². The van der Waals surface area contributed by atoms with Crippen LogP contribution in [0.5, 0.6) is 0 Å². The zero-order chi connectivity index (χ0) is 11.9. The molecule has 2 aliphatic carbocycles. The lowest BCUT2D eigenvalue weighted by atomic mass is 9.53. The number of hydrogen-bond acceptors (Lipinski definition) is 3. The van der Waals surface area contributed by atoms with Gasteiger partial charge in [0.2, 0.25) is 0 Å². The fraction of sp³-hybridized carbons (Fsp3) is 0.667. The molecule has 0 heterocycles. The normalized spacial score (nSPS) is 36.2. The number of carboxylic acid groups (broad SMARTS) is 1. The maximum Gasteiger partial charge on any atom is 0.303 e. The van der Waals surface area contributed by atoms with E-state index in [4.69, 9.17) is 10.8 Å². The Morgan fingerprint density at radius 1 is 1.62 bits per heavy atom. The smallest absolute Gasteiger partial charge is 0.303 e. The number of nitrogens with two attached hydrogens (primary N) is 1. The highest BCUT2D eigenvalue weighted by atomic mass is 16.4. The van der Waals surface area contributed by atoms with Crippen molar-refractivity contribution in [3.05, 3.63) is 11.6 Å². The van der Waals surface area contributed by atoms with E-state index < -0.39 is 5.97 Å². The molecule has 1 fully saturated rings. The van der Waals surface area contributed by atoms with E-state index in [0.717, 1.165) is 18.4 Å². The third-order valence-corrected chi connectivity index (χ3v) is 4.11. The lowest BCUT2D eigenvalue weighted by molar-refractivity contribution is -0.144. The molecular formula is C12H17NO3. The summed E-state index contributed by atoms with van der Waals surface area (Å²) in [5.41, 5.74) is 6.28. The SMILES string of the molecule is CC(=O)C1=C[C@@H]2[C@H](C1)C[C@]2(CN)CC(=O)O. The number of carboxylic acids is 1. The van der Waals surface area contributed by atoms with Gasteiger partial charge in [0.05, 0.1) is 6.42 Å². The largest absolute Gasteiger partial charge is 0.481 e. The van der Waals surface area contributed by atoms with Crippen molar-refractivity contribution in [2.24, 2.45) is 23.0 Å². The molecule has 0 aromatic carbocycles. The molecule has 16 heavy (non-hydrogen) atoms. The van der Waals surface area contributed by atoms with Crippen LogP contribution in [-0.4, -0.2) is 23.4 Å². The van der Waals surface area contributed by atoms with Crippen molar-refractivity contribution in [2.45, 2.75) is 26.2 Å². The molecule has 0 amide bonds. The molecule has 2 rings (SSSR count). The van der Waals surface area contributed by atoms with Gasteiger partial charge in [0.15, 0.2) is 5.78 Å². The van der Waals surface area contributed by atoms with E-state index in [0.29, 0.717) is 12.5 Å². The van der Waals surface area contributed by atoms with E-state index in [-0.39, 0.29) is 23.5 Å². The highest BCUT2D eigenvalue weighted by molar-refractivity contribution is 5.94. The second-order valence-corrected chi connectivity index (χ2v) is 5.08. The third-order valence-electron chi connectivity index (χ3n) is 4.11. The molecule has 2 aliphatic rings. The molecule has 88 valence electrons. The minimum absolute atomic E-state index is 0.107. The van der Waals surface area contributed by atoms with Gasteiger partial charge in [0, 0.05) is 0 Å². The highest BCUT2D eigenvalue weighted by Gasteiger charge is 2.55. The van der Waals surface area contributed by atoms with Crippen molar-refractivity contribution in [1.82, 2.24) is 0 Å². The van der Waals surface area contributed by atoms with Crippen LogP contribution in [0, 0.1) is 17.3 Å². The molecule has 4 nitrogen and oxygen atoms in total.